The number of nitrogens with zero attached hydrogens (tertiary/aromatic N) is 2. The van der Waals surface area contributed by atoms with E-state index in [9.17, 15) is 0 Å². The molecule has 1 aromatic rings. The first-order chi connectivity index (χ1) is 7.90. The van der Waals surface area contributed by atoms with Gasteiger partial charge in [-0.05, 0) is 17.7 Å². The van der Waals surface area contributed by atoms with Gasteiger partial charge in [0.2, 0.25) is 0 Å². The Morgan fingerprint density at radius 3 is 2.69 bits per heavy atom. The van der Waals surface area contributed by atoms with Gasteiger partial charge >= 0.3 is 0 Å². The van der Waals surface area contributed by atoms with Crippen LogP contribution in [0.2, 0.25) is 0 Å². The van der Waals surface area contributed by atoms with Gasteiger partial charge in [0.05, 0.1) is 0 Å². The van der Waals surface area contributed by atoms with E-state index in [1.54, 1.807) is 0 Å². The first kappa shape index (κ1) is 12.7. The highest BCUT2D eigenvalue weighted by Gasteiger charge is 2.10. The molecule has 2 rings (SSSR count). The van der Waals surface area contributed by atoms with Crippen molar-refractivity contribution >= 4 is 11.9 Å². The second-order valence-electron chi connectivity index (χ2n) is 3.39. The average Bonchev–Trinajstić information content (AvgIpc) is 2.42. The van der Waals surface area contributed by atoms with Crippen LogP contribution < -0.4 is 10.2 Å². The summed E-state index contributed by atoms with van der Waals surface area (Å²) < 4.78 is 0. The SMILES string of the molecule is C=Cc1ccnc(N2CCNCC2)c1.CC. The molecule has 0 atom stereocenters. The van der Waals surface area contributed by atoms with E-state index >= 15 is 0 Å². The van der Waals surface area contributed by atoms with Gasteiger partial charge in [-0.1, -0.05) is 26.5 Å². The summed E-state index contributed by atoms with van der Waals surface area (Å²) in [5.41, 5.74) is 1.13. The molecule has 88 valence electrons. The lowest BCUT2D eigenvalue weighted by Gasteiger charge is -2.28. The van der Waals surface area contributed by atoms with Crippen molar-refractivity contribution in [3.8, 4) is 0 Å². The van der Waals surface area contributed by atoms with Crippen LogP contribution in [0.3, 0.4) is 0 Å². The number of aromatic nitrogens is 1. The minimum Gasteiger partial charge on any atom is -0.354 e. The Labute approximate surface area is 98.2 Å². The molecule has 1 saturated heterocycles. The smallest absolute Gasteiger partial charge is 0.129 e. The molecule has 1 aliphatic heterocycles. The van der Waals surface area contributed by atoms with E-state index in [2.05, 4.69) is 27.8 Å². The van der Waals surface area contributed by atoms with Crippen molar-refractivity contribution in [2.45, 2.75) is 13.8 Å². The lowest BCUT2D eigenvalue weighted by molar-refractivity contribution is 0.585. The van der Waals surface area contributed by atoms with Crippen LogP contribution in [0.1, 0.15) is 19.4 Å². The van der Waals surface area contributed by atoms with Gasteiger partial charge in [0.15, 0.2) is 0 Å². The van der Waals surface area contributed by atoms with Crippen molar-refractivity contribution in [3.05, 3.63) is 30.5 Å². The molecule has 1 fully saturated rings. The maximum Gasteiger partial charge on any atom is 0.129 e. The Morgan fingerprint density at radius 1 is 1.38 bits per heavy atom. The Morgan fingerprint density at radius 2 is 2.06 bits per heavy atom. The highest BCUT2D eigenvalue weighted by atomic mass is 15.2. The molecule has 0 radical (unpaired) electrons. The van der Waals surface area contributed by atoms with Crippen LogP contribution in [0.15, 0.2) is 24.9 Å². The molecule has 0 spiro atoms. The van der Waals surface area contributed by atoms with Gasteiger partial charge in [0.25, 0.3) is 0 Å². The Hall–Kier alpha value is -1.35. The summed E-state index contributed by atoms with van der Waals surface area (Å²) in [5, 5.41) is 3.32. The number of rotatable bonds is 2. The van der Waals surface area contributed by atoms with Gasteiger partial charge in [0, 0.05) is 32.4 Å². The number of pyridine rings is 1. The monoisotopic (exact) mass is 219 g/mol. The van der Waals surface area contributed by atoms with Crippen molar-refractivity contribution in [1.82, 2.24) is 10.3 Å². The van der Waals surface area contributed by atoms with Gasteiger partial charge in [-0.3, -0.25) is 0 Å². The molecule has 0 amide bonds. The molecule has 0 bridgehead atoms. The van der Waals surface area contributed by atoms with Crippen molar-refractivity contribution in [2.75, 3.05) is 31.1 Å². The normalized spacial score (nSPS) is 15.0. The molecule has 2 heterocycles. The van der Waals surface area contributed by atoms with Crippen LogP contribution in [-0.4, -0.2) is 31.2 Å². The quantitative estimate of drug-likeness (QED) is 0.826. The first-order valence-electron chi connectivity index (χ1n) is 5.94. The van der Waals surface area contributed by atoms with E-state index < -0.39 is 0 Å². The Bertz CT molecular complexity index is 317. The molecule has 16 heavy (non-hydrogen) atoms. The molecule has 0 aliphatic carbocycles. The number of nitrogens with one attached hydrogen (secondary N) is 1. The third kappa shape index (κ3) is 3.35. The Kier molecular flexibility index (Phi) is 5.57. The third-order valence-corrected chi connectivity index (χ3v) is 2.45. The summed E-state index contributed by atoms with van der Waals surface area (Å²) in [7, 11) is 0. The molecule has 3 nitrogen and oxygen atoms in total. The van der Waals surface area contributed by atoms with Gasteiger partial charge in [-0.15, -0.1) is 0 Å². The predicted octanol–water partition coefficient (Wildman–Crippen LogP) is 2.16. The second kappa shape index (κ2) is 7.01. The van der Waals surface area contributed by atoms with Crippen molar-refractivity contribution in [1.29, 1.82) is 0 Å². The molecular formula is C13H21N3. The van der Waals surface area contributed by atoms with E-state index in [1.165, 1.54) is 0 Å². The summed E-state index contributed by atoms with van der Waals surface area (Å²) in [4.78, 5) is 6.66. The van der Waals surface area contributed by atoms with E-state index in [4.69, 9.17) is 0 Å². The third-order valence-electron chi connectivity index (χ3n) is 2.45. The predicted molar refractivity (Wildman–Crippen MR) is 70.8 cm³/mol. The van der Waals surface area contributed by atoms with Gasteiger partial charge in [-0.25, -0.2) is 4.98 Å². The molecule has 1 aliphatic rings. The lowest BCUT2D eigenvalue weighted by Crippen LogP contribution is -2.43. The van der Waals surface area contributed by atoms with Crippen LogP contribution >= 0.6 is 0 Å². The number of anilines is 1. The fourth-order valence-corrected chi connectivity index (χ4v) is 1.63. The zero-order chi connectivity index (χ0) is 11.8. The maximum absolute atomic E-state index is 4.36. The van der Waals surface area contributed by atoms with Crippen LogP contribution in [-0.2, 0) is 0 Å². The molecule has 1 N–H and O–H groups in total. The summed E-state index contributed by atoms with van der Waals surface area (Å²) >= 11 is 0. The molecular weight excluding hydrogens is 198 g/mol. The van der Waals surface area contributed by atoms with Gasteiger partial charge in [-0.2, -0.15) is 0 Å². The zero-order valence-corrected chi connectivity index (χ0v) is 10.2. The molecule has 0 saturated carbocycles. The summed E-state index contributed by atoms with van der Waals surface area (Å²) in [6, 6.07) is 4.05. The van der Waals surface area contributed by atoms with Crippen LogP contribution in [0.25, 0.3) is 6.08 Å². The van der Waals surface area contributed by atoms with E-state index in [0.29, 0.717) is 0 Å². The Balaban J connectivity index is 0.000000606. The van der Waals surface area contributed by atoms with E-state index in [0.717, 1.165) is 37.6 Å². The minimum atomic E-state index is 1.04. The number of piperazine rings is 1. The molecule has 1 aromatic heterocycles. The number of hydrogen-bond donors (Lipinski definition) is 1. The summed E-state index contributed by atoms with van der Waals surface area (Å²) in [6.45, 7) is 11.9. The largest absolute Gasteiger partial charge is 0.354 e. The number of hydrogen-bond acceptors (Lipinski definition) is 3. The first-order valence-corrected chi connectivity index (χ1v) is 5.94. The fourth-order valence-electron chi connectivity index (χ4n) is 1.63. The second-order valence-corrected chi connectivity index (χ2v) is 3.39. The molecule has 0 unspecified atom stereocenters. The maximum atomic E-state index is 4.36. The van der Waals surface area contributed by atoms with Crippen molar-refractivity contribution in [2.24, 2.45) is 0 Å². The van der Waals surface area contributed by atoms with Crippen LogP contribution in [0.5, 0.6) is 0 Å². The topological polar surface area (TPSA) is 28.2 Å². The van der Waals surface area contributed by atoms with Crippen molar-refractivity contribution in [3.63, 3.8) is 0 Å². The molecule has 0 aromatic carbocycles. The standard InChI is InChI=1S/C11H15N3.C2H6/c1-2-10-3-4-13-11(9-10)14-7-5-12-6-8-14;1-2/h2-4,9,12H,1,5-8H2;1-2H3. The summed E-state index contributed by atoms with van der Waals surface area (Å²) in [5.74, 6) is 1.06. The van der Waals surface area contributed by atoms with Gasteiger partial charge in [0.1, 0.15) is 5.82 Å². The lowest BCUT2D eigenvalue weighted by atomic mass is 10.2. The van der Waals surface area contributed by atoms with Crippen LogP contribution in [0, 0.1) is 0 Å². The highest BCUT2D eigenvalue weighted by molar-refractivity contribution is 5.53. The molecule has 3 heteroatoms. The fraction of sp³-hybridized carbons (Fsp3) is 0.462. The van der Waals surface area contributed by atoms with E-state index in [-0.39, 0.29) is 0 Å². The van der Waals surface area contributed by atoms with Crippen LogP contribution in [0.4, 0.5) is 5.82 Å². The average molecular weight is 219 g/mol. The van der Waals surface area contributed by atoms with Crippen molar-refractivity contribution < 1.29 is 0 Å². The minimum absolute atomic E-state index is 1.04. The van der Waals surface area contributed by atoms with Gasteiger partial charge < -0.3 is 10.2 Å². The highest BCUT2D eigenvalue weighted by Crippen LogP contribution is 2.13. The zero-order valence-electron chi connectivity index (χ0n) is 10.2. The van der Waals surface area contributed by atoms with E-state index in [1.807, 2.05) is 32.2 Å². The summed E-state index contributed by atoms with van der Waals surface area (Å²) in [6.07, 6.45) is 3.70.